The Morgan fingerprint density at radius 3 is 2.76 bits per heavy atom. The van der Waals surface area contributed by atoms with E-state index in [1.165, 1.54) is 5.56 Å². The fraction of sp³-hybridized carbons (Fsp3) is 0.462. The zero-order valence-corrected chi connectivity index (χ0v) is 10.1. The minimum absolute atomic E-state index is 0.0600. The molecule has 92 valence electrons. The maximum Gasteiger partial charge on any atom is 0.317 e. The van der Waals surface area contributed by atoms with Crippen LogP contribution in [0.25, 0.3) is 0 Å². The molecule has 1 fully saturated rings. The number of ether oxygens (including phenoxy) is 1. The van der Waals surface area contributed by atoms with Crippen LogP contribution in [0.5, 0.6) is 5.75 Å². The van der Waals surface area contributed by atoms with Crippen LogP contribution >= 0.6 is 0 Å². The van der Waals surface area contributed by atoms with E-state index in [0.29, 0.717) is 0 Å². The molecule has 1 saturated heterocycles. The van der Waals surface area contributed by atoms with Gasteiger partial charge in [0.25, 0.3) is 0 Å². The van der Waals surface area contributed by atoms with Crippen LogP contribution in [0.4, 0.5) is 4.79 Å². The lowest BCUT2D eigenvalue weighted by Crippen LogP contribution is -2.47. The first kappa shape index (κ1) is 11.8. The molecule has 17 heavy (non-hydrogen) atoms. The van der Waals surface area contributed by atoms with Gasteiger partial charge in [-0.2, -0.15) is 0 Å². The van der Waals surface area contributed by atoms with Crippen molar-refractivity contribution in [2.45, 2.75) is 12.8 Å². The molecule has 0 aromatic heterocycles. The number of methoxy groups -OCH3 is 1. The number of hydrogen-bond acceptors (Lipinski definition) is 2. The van der Waals surface area contributed by atoms with Crippen LogP contribution in [-0.4, -0.2) is 37.7 Å². The van der Waals surface area contributed by atoms with E-state index >= 15 is 0 Å². The Bertz CT molecular complexity index is 376. The summed E-state index contributed by atoms with van der Waals surface area (Å²) in [5.41, 5.74) is 1.23. The third kappa shape index (κ3) is 3.12. The molecule has 2 amide bonds. The lowest BCUT2D eigenvalue weighted by Gasteiger charge is -2.27. The second-order valence-electron chi connectivity index (χ2n) is 4.17. The van der Waals surface area contributed by atoms with Crippen LogP contribution in [0.3, 0.4) is 0 Å². The van der Waals surface area contributed by atoms with Crippen molar-refractivity contribution in [3.05, 3.63) is 29.8 Å². The van der Waals surface area contributed by atoms with Gasteiger partial charge in [0, 0.05) is 19.6 Å². The summed E-state index contributed by atoms with van der Waals surface area (Å²) in [6.45, 7) is 2.44. The van der Waals surface area contributed by atoms with Crippen molar-refractivity contribution < 1.29 is 9.53 Å². The van der Waals surface area contributed by atoms with E-state index in [-0.39, 0.29) is 6.03 Å². The first-order valence-corrected chi connectivity index (χ1v) is 5.95. The number of nitrogens with zero attached hydrogens (tertiary/aromatic N) is 1. The number of nitrogens with one attached hydrogen (secondary N) is 1. The SMILES string of the molecule is COc1ccc(CCN2CCCNC2=O)cc1. The van der Waals surface area contributed by atoms with Crippen molar-refractivity contribution in [2.24, 2.45) is 0 Å². The van der Waals surface area contributed by atoms with Gasteiger partial charge < -0.3 is 15.0 Å². The van der Waals surface area contributed by atoms with Gasteiger partial charge in [-0.15, -0.1) is 0 Å². The Morgan fingerprint density at radius 1 is 1.35 bits per heavy atom. The molecule has 0 bridgehead atoms. The smallest absolute Gasteiger partial charge is 0.317 e. The third-order valence-electron chi connectivity index (χ3n) is 3.00. The highest BCUT2D eigenvalue weighted by Crippen LogP contribution is 2.12. The molecule has 0 atom stereocenters. The minimum Gasteiger partial charge on any atom is -0.497 e. The summed E-state index contributed by atoms with van der Waals surface area (Å²) in [7, 11) is 1.66. The monoisotopic (exact) mass is 234 g/mol. The summed E-state index contributed by atoms with van der Waals surface area (Å²) in [4.78, 5) is 13.4. The number of benzene rings is 1. The van der Waals surface area contributed by atoms with E-state index < -0.39 is 0 Å². The van der Waals surface area contributed by atoms with Crippen LogP contribution in [0.15, 0.2) is 24.3 Å². The number of urea groups is 1. The predicted molar refractivity (Wildman–Crippen MR) is 66.3 cm³/mol. The van der Waals surface area contributed by atoms with E-state index in [1.54, 1.807) is 7.11 Å². The van der Waals surface area contributed by atoms with Crippen LogP contribution in [0.1, 0.15) is 12.0 Å². The summed E-state index contributed by atoms with van der Waals surface area (Å²) in [6.07, 6.45) is 1.92. The third-order valence-corrected chi connectivity index (χ3v) is 3.00. The summed E-state index contributed by atoms with van der Waals surface area (Å²) in [5, 5.41) is 2.85. The molecular formula is C13H18N2O2. The summed E-state index contributed by atoms with van der Waals surface area (Å²) >= 11 is 0. The second kappa shape index (κ2) is 5.57. The Morgan fingerprint density at radius 2 is 2.12 bits per heavy atom. The minimum atomic E-state index is 0.0600. The topological polar surface area (TPSA) is 41.6 Å². The summed E-state index contributed by atoms with van der Waals surface area (Å²) < 4.78 is 5.11. The molecule has 0 radical (unpaired) electrons. The van der Waals surface area contributed by atoms with Gasteiger partial charge in [0.05, 0.1) is 7.11 Å². The van der Waals surface area contributed by atoms with Crippen molar-refractivity contribution >= 4 is 6.03 Å². The first-order chi connectivity index (χ1) is 8.29. The number of amides is 2. The quantitative estimate of drug-likeness (QED) is 0.860. The predicted octanol–water partition coefficient (Wildman–Crippen LogP) is 1.65. The van der Waals surface area contributed by atoms with Crippen LogP contribution in [0, 0.1) is 0 Å². The Labute approximate surface area is 102 Å². The van der Waals surface area contributed by atoms with Gasteiger partial charge in [-0.3, -0.25) is 0 Å². The lowest BCUT2D eigenvalue weighted by atomic mass is 10.1. The van der Waals surface area contributed by atoms with Crippen molar-refractivity contribution in [3.8, 4) is 5.75 Å². The maximum atomic E-state index is 11.5. The zero-order valence-electron chi connectivity index (χ0n) is 10.1. The van der Waals surface area contributed by atoms with E-state index in [1.807, 2.05) is 29.2 Å². The molecule has 0 saturated carbocycles. The molecule has 0 aliphatic carbocycles. The van der Waals surface area contributed by atoms with Gasteiger partial charge in [-0.1, -0.05) is 12.1 Å². The Kier molecular flexibility index (Phi) is 3.85. The number of rotatable bonds is 4. The van der Waals surface area contributed by atoms with Gasteiger partial charge >= 0.3 is 6.03 Å². The fourth-order valence-electron chi connectivity index (χ4n) is 1.95. The molecule has 1 heterocycles. The van der Waals surface area contributed by atoms with Crippen molar-refractivity contribution in [2.75, 3.05) is 26.7 Å². The van der Waals surface area contributed by atoms with E-state index in [0.717, 1.165) is 38.2 Å². The summed E-state index contributed by atoms with van der Waals surface area (Å²) in [6, 6.07) is 8.04. The number of carbonyl (C=O) groups is 1. The standard InChI is InChI=1S/C13H18N2O2/c1-17-12-5-3-11(4-6-12)7-10-15-9-2-8-14-13(15)16/h3-6H,2,7-10H2,1H3,(H,14,16). The fourth-order valence-corrected chi connectivity index (χ4v) is 1.95. The molecule has 0 unspecified atom stereocenters. The molecule has 1 aromatic carbocycles. The number of carbonyl (C=O) groups excluding carboxylic acids is 1. The van der Waals surface area contributed by atoms with Gasteiger partial charge in [0.15, 0.2) is 0 Å². The van der Waals surface area contributed by atoms with E-state index in [9.17, 15) is 4.79 Å². The van der Waals surface area contributed by atoms with Gasteiger partial charge in [0.2, 0.25) is 0 Å². The summed E-state index contributed by atoms with van der Waals surface area (Å²) in [5.74, 6) is 0.865. The van der Waals surface area contributed by atoms with Crippen LogP contribution < -0.4 is 10.1 Å². The highest BCUT2D eigenvalue weighted by Gasteiger charge is 2.16. The first-order valence-electron chi connectivity index (χ1n) is 5.95. The van der Waals surface area contributed by atoms with E-state index in [2.05, 4.69) is 5.32 Å². The highest BCUT2D eigenvalue weighted by atomic mass is 16.5. The Balaban J connectivity index is 1.86. The molecule has 1 aliphatic rings. The molecule has 1 aromatic rings. The molecular weight excluding hydrogens is 216 g/mol. The lowest BCUT2D eigenvalue weighted by molar-refractivity contribution is 0.187. The number of hydrogen-bond donors (Lipinski definition) is 1. The molecule has 0 spiro atoms. The second-order valence-corrected chi connectivity index (χ2v) is 4.17. The average molecular weight is 234 g/mol. The van der Waals surface area contributed by atoms with Gasteiger partial charge in [0.1, 0.15) is 5.75 Å². The van der Waals surface area contributed by atoms with Crippen LogP contribution in [0.2, 0.25) is 0 Å². The normalized spacial score (nSPS) is 15.6. The molecule has 1 aliphatic heterocycles. The molecule has 2 rings (SSSR count). The van der Waals surface area contributed by atoms with Gasteiger partial charge in [-0.25, -0.2) is 4.79 Å². The van der Waals surface area contributed by atoms with Crippen molar-refractivity contribution in [3.63, 3.8) is 0 Å². The van der Waals surface area contributed by atoms with Crippen molar-refractivity contribution in [1.82, 2.24) is 10.2 Å². The largest absolute Gasteiger partial charge is 0.497 e. The molecule has 4 heteroatoms. The molecule has 4 nitrogen and oxygen atoms in total. The maximum absolute atomic E-state index is 11.5. The van der Waals surface area contributed by atoms with E-state index in [4.69, 9.17) is 4.74 Å². The highest BCUT2D eigenvalue weighted by molar-refractivity contribution is 5.74. The van der Waals surface area contributed by atoms with Crippen molar-refractivity contribution in [1.29, 1.82) is 0 Å². The Hall–Kier alpha value is -1.71. The van der Waals surface area contributed by atoms with Gasteiger partial charge in [-0.05, 0) is 30.5 Å². The zero-order chi connectivity index (χ0) is 12.1. The van der Waals surface area contributed by atoms with Crippen LogP contribution in [-0.2, 0) is 6.42 Å². The molecule has 1 N–H and O–H groups in total. The average Bonchev–Trinajstić information content (AvgIpc) is 2.38.